The number of halogens is 2. The smallest absolute Gasteiger partial charge is 0.338 e. The van der Waals surface area contributed by atoms with Gasteiger partial charge in [-0.2, -0.15) is 0 Å². The lowest BCUT2D eigenvalue weighted by Gasteiger charge is -2.23. The van der Waals surface area contributed by atoms with Crippen LogP contribution in [0.1, 0.15) is 17.3 Å². The summed E-state index contributed by atoms with van der Waals surface area (Å²) in [6.45, 7) is 1.15. The second kappa shape index (κ2) is 10.2. The quantitative estimate of drug-likeness (QED) is 0.499. The molecule has 0 aromatic heterocycles. The Morgan fingerprint density at radius 3 is 2.33 bits per heavy atom. The Labute approximate surface area is 189 Å². The third-order valence-corrected chi connectivity index (χ3v) is 6.43. The molecule has 0 unspecified atom stereocenters. The fourth-order valence-corrected chi connectivity index (χ4v) is 4.50. The van der Waals surface area contributed by atoms with Crippen LogP contribution in [-0.4, -0.2) is 33.4 Å². The maximum Gasteiger partial charge on any atom is 0.338 e. The highest BCUT2D eigenvalue weighted by Gasteiger charge is 2.24. The van der Waals surface area contributed by atoms with Gasteiger partial charge in [0.15, 0.2) is 18.2 Å². The first-order valence-corrected chi connectivity index (χ1v) is 11.3. The second-order valence-electron chi connectivity index (χ2n) is 6.79. The molecule has 0 fully saturated rings. The summed E-state index contributed by atoms with van der Waals surface area (Å²) < 4.78 is 58.5. The molecule has 33 heavy (non-hydrogen) atoms. The van der Waals surface area contributed by atoms with Crippen molar-refractivity contribution in [2.45, 2.75) is 11.8 Å². The van der Waals surface area contributed by atoms with Crippen molar-refractivity contribution in [1.29, 1.82) is 0 Å². The summed E-state index contributed by atoms with van der Waals surface area (Å²) in [5.41, 5.74) is 0.395. The van der Waals surface area contributed by atoms with Crippen LogP contribution in [0.2, 0.25) is 0 Å². The fourth-order valence-electron chi connectivity index (χ4n) is 2.98. The molecule has 0 aliphatic heterocycles. The van der Waals surface area contributed by atoms with E-state index in [0.29, 0.717) is 5.69 Å². The number of hydrogen-bond donors (Lipinski definition) is 1. The Hall–Kier alpha value is -3.79. The number of sulfonamides is 1. The standard InChI is InChI=1S/C23H20F2N2O5S/c1-2-27(18-8-4-3-5-9-18)33(30,31)19-10-6-7-16(13-19)23(29)32-15-22(28)26-17-11-12-20(24)21(25)14-17/h3-14H,2,15H2,1H3,(H,26,28). The summed E-state index contributed by atoms with van der Waals surface area (Å²) in [5, 5.41) is 2.27. The number of carbonyl (C=O) groups is 2. The molecule has 0 saturated carbocycles. The monoisotopic (exact) mass is 474 g/mol. The minimum Gasteiger partial charge on any atom is -0.452 e. The van der Waals surface area contributed by atoms with Gasteiger partial charge in [-0.25, -0.2) is 22.0 Å². The topological polar surface area (TPSA) is 92.8 Å². The summed E-state index contributed by atoms with van der Waals surface area (Å²) in [6, 6.07) is 16.6. The number of ether oxygens (including phenoxy) is 1. The third kappa shape index (κ3) is 5.72. The predicted octanol–water partition coefficient (Wildman–Crippen LogP) is 3.98. The number of benzene rings is 3. The highest BCUT2D eigenvalue weighted by molar-refractivity contribution is 7.92. The number of esters is 1. The summed E-state index contributed by atoms with van der Waals surface area (Å²) in [6.07, 6.45) is 0. The molecular weight excluding hydrogens is 454 g/mol. The molecule has 0 aliphatic carbocycles. The fraction of sp³-hybridized carbons (Fsp3) is 0.130. The number of amides is 1. The summed E-state index contributed by atoms with van der Waals surface area (Å²) in [4.78, 5) is 24.2. The maximum absolute atomic E-state index is 13.2. The molecule has 172 valence electrons. The van der Waals surface area contributed by atoms with Gasteiger partial charge in [0.25, 0.3) is 15.9 Å². The molecule has 0 bridgehead atoms. The van der Waals surface area contributed by atoms with Gasteiger partial charge in [0.1, 0.15) is 0 Å². The number of para-hydroxylation sites is 1. The molecule has 3 aromatic carbocycles. The van der Waals surface area contributed by atoms with E-state index in [-0.39, 0.29) is 22.7 Å². The van der Waals surface area contributed by atoms with Crippen LogP contribution in [0, 0.1) is 11.6 Å². The molecule has 3 aromatic rings. The minimum atomic E-state index is -3.96. The molecular formula is C23H20F2N2O5S. The molecule has 1 N–H and O–H groups in total. The molecule has 0 aliphatic rings. The Balaban J connectivity index is 1.70. The summed E-state index contributed by atoms with van der Waals surface area (Å²) in [7, 11) is -3.96. The van der Waals surface area contributed by atoms with E-state index in [1.165, 1.54) is 22.5 Å². The molecule has 10 heteroatoms. The first-order valence-electron chi connectivity index (χ1n) is 9.82. The lowest BCUT2D eigenvalue weighted by Crippen LogP contribution is -2.30. The highest BCUT2D eigenvalue weighted by atomic mass is 32.2. The zero-order chi connectivity index (χ0) is 24.0. The molecule has 1 amide bonds. The first kappa shape index (κ1) is 23.9. The summed E-state index contributed by atoms with van der Waals surface area (Å²) >= 11 is 0. The van der Waals surface area contributed by atoms with E-state index in [1.54, 1.807) is 37.3 Å². The van der Waals surface area contributed by atoms with Gasteiger partial charge in [-0.1, -0.05) is 24.3 Å². The van der Waals surface area contributed by atoms with Gasteiger partial charge in [-0.05, 0) is 49.4 Å². The zero-order valence-electron chi connectivity index (χ0n) is 17.5. The van der Waals surface area contributed by atoms with Crippen LogP contribution >= 0.6 is 0 Å². The van der Waals surface area contributed by atoms with Gasteiger partial charge in [-0.3, -0.25) is 9.10 Å². The van der Waals surface area contributed by atoms with Crippen LogP contribution in [0.3, 0.4) is 0 Å². The molecule has 0 radical (unpaired) electrons. The minimum absolute atomic E-state index is 0.0105. The van der Waals surface area contributed by atoms with Crippen LogP contribution in [0.25, 0.3) is 0 Å². The molecule has 0 heterocycles. The van der Waals surface area contributed by atoms with Gasteiger partial charge < -0.3 is 10.1 Å². The van der Waals surface area contributed by atoms with Crippen LogP contribution in [0.15, 0.2) is 77.7 Å². The van der Waals surface area contributed by atoms with E-state index < -0.39 is 40.1 Å². The van der Waals surface area contributed by atoms with E-state index in [1.807, 2.05) is 0 Å². The van der Waals surface area contributed by atoms with Crippen LogP contribution < -0.4 is 9.62 Å². The largest absolute Gasteiger partial charge is 0.452 e. The number of anilines is 2. The van der Waals surface area contributed by atoms with Gasteiger partial charge in [0, 0.05) is 18.3 Å². The van der Waals surface area contributed by atoms with Crippen molar-refractivity contribution in [3.63, 3.8) is 0 Å². The molecule has 7 nitrogen and oxygen atoms in total. The Kier molecular flexibility index (Phi) is 7.39. The average Bonchev–Trinajstić information content (AvgIpc) is 2.81. The number of nitrogens with one attached hydrogen (secondary N) is 1. The Morgan fingerprint density at radius 1 is 0.939 bits per heavy atom. The van der Waals surface area contributed by atoms with Crippen LogP contribution in [0.5, 0.6) is 0 Å². The van der Waals surface area contributed by atoms with Crippen molar-refractivity contribution in [3.8, 4) is 0 Å². The van der Waals surface area contributed by atoms with Gasteiger partial charge in [-0.15, -0.1) is 0 Å². The Morgan fingerprint density at radius 2 is 1.67 bits per heavy atom. The second-order valence-corrected chi connectivity index (χ2v) is 8.65. The third-order valence-electron chi connectivity index (χ3n) is 4.53. The number of carbonyl (C=O) groups excluding carboxylic acids is 2. The normalized spacial score (nSPS) is 11.0. The predicted molar refractivity (Wildman–Crippen MR) is 118 cm³/mol. The number of rotatable bonds is 8. The molecule has 0 atom stereocenters. The van der Waals surface area contributed by atoms with Crippen LogP contribution in [0.4, 0.5) is 20.2 Å². The Bertz CT molecular complexity index is 1270. The highest BCUT2D eigenvalue weighted by Crippen LogP contribution is 2.24. The average molecular weight is 474 g/mol. The number of hydrogen-bond acceptors (Lipinski definition) is 5. The lowest BCUT2D eigenvalue weighted by molar-refractivity contribution is -0.119. The number of nitrogens with zero attached hydrogens (tertiary/aromatic N) is 1. The molecule has 0 spiro atoms. The summed E-state index contributed by atoms with van der Waals surface area (Å²) in [5.74, 6) is -3.91. The van der Waals surface area contributed by atoms with E-state index in [9.17, 15) is 26.8 Å². The van der Waals surface area contributed by atoms with E-state index in [4.69, 9.17) is 4.74 Å². The lowest BCUT2D eigenvalue weighted by atomic mass is 10.2. The van der Waals surface area contributed by atoms with Crippen molar-refractivity contribution in [2.24, 2.45) is 0 Å². The molecule has 0 saturated heterocycles. The van der Waals surface area contributed by atoms with Crippen molar-refractivity contribution in [3.05, 3.63) is 90.0 Å². The van der Waals surface area contributed by atoms with Crippen molar-refractivity contribution >= 4 is 33.3 Å². The van der Waals surface area contributed by atoms with E-state index >= 15 is 0 Å². The van der Waals surface area contributed by atoms with Crippen molar-refractivity contribution in [1.82, 2.24) is 0 Å². The van der Waals surface area contributed by atoms with Crippen molar-refractivity contribution in [2.75, 3.05) is 22.8 Å². The van der Waals surface area contributed by atoms with Crippen LogP contribution in [-0.2, 0) is 19.6 Å². The van der Waals surface area contributed by atoms with Gasteiger partial charge in [0.05, 0.1) is 16.1 Å². The zero-order valence-corrected chi connectivity index (χ0v) is 18.3. The van der Waals surface area contributed by atoms with E-state index in [0.717, 1.165) is 24.3 Å². The van der Waals surface area contributed by atoms with Crippen molar-refractivity contribution < 1.29 is 31.5 Å². The maximum atomic E-state index is 13.2. The first-order chi connectivity index (χ1) is 15.7. The van der Waals surface area contributed by atoms with E-state index in [2.05, 4.69) is 5.32 Å². The van der Waals surface area contributed by atoms with Gasteiger partial charge >= 0.3 is 5.97 Å². The molecule has 3 rings (SSSR count). The van der Waals surface area contributed by atoms with Gasteiger partial charge in [0.2, 0.25) is 0 Å². The SMILES string of the molecule is CCN(c1ccccc1)S(=O)(=O)c1cccc(C(=O)OCC(=O)Nc2ccc(F)c(F)c2)c1.